The van der Waals surface area contributed by atoms with E-state index in [9.17, 15) is 12.8 Å². The molecular weight excluding hydrogens is 411 g/mol. The summed E-state index contributed by atoms with van der Waals surface area (Å²) in [5, 5.41) is 0.325. The smallest absolute Gasteiger partial charge is 0.270 e. The second kappa shape index (κ2) is 7.88. The molecule has 5 nitrogen and oxygen atoms in total. The lowest BCUT2D eigenvalue weighted by Gasteiger charge is -2.11. The number of fused-ring (bicyclic) bond motifs is 1. The van der Waals surface area contributed by atoms with Crippen LogP contribution in [0.1, 0.15) is 5.56 Å². The van der Waals surface area contributed by atoms with Crippen LogP contribution in [0.5, 0.6) is 5.75 Å². The Balaban J connectivity index is 1.78. The number of thioether (sulfide) groups is 1. The highest BCUT2D eigenvalue weighted by molar-refractivity contribution is 7.99. The average Bonchev–Trinajstić information content (AvgIpc) is 3.11. The Morgan fingerprint density at radius 2 is 1.79 bits per heavy atom. The number of para-hydroxylation sites is 2. The van der Waals surface area contributed by atoms with Crippen LogP contribution >= 0.6 is 11.8 Å². The van der Waals surface area contributed by atoms with E-state index in [1.165, 1.54) is 47.1 Å². The van der Waals surface area contributed by atoms with Gasteiger partial charge in [0.25, 0.3) is 10.0 Å². The summed E-state index contributed by atoms with van der Waals surface area (Å²) in [6, 6.07) is 19.5. The summed E-state index contributed by atoms with van der Waals surface area (Å²) in [4.78, 5) is 4.64. The van der Waals surface area contributed by atoms with Gasteiger partial charge in [-0.05, 0) is 54.1 Å². The molecule has 0 amide bonds. The van der Waals surface area contributed by atoms with Crippen LogP contribution in [0.15, 0.2) is 82.8 Å². The van der Waals surface area contributed by atoms with E-state index in [2.05, 4.69) is 4.98 Å². The third kappa shape index (κ3) is 3.86. The Bertz CT molecular complexity index is 1270. The highest BCUT2D eigenvalue weighted by Gasteiger charge is 2.24. The minimum absolute atomic E-state index is 0.133. The number of rotatable bonds is 6. The van der Waals surface area contributed by atoms with E-state index >= 15 is 0 Å². The first-order chi connectivity index (χ1) is 14.0. The molecule has 0 fully saturated rings. The zero-order valence-corrected chi connectivity index (χ0v) is 17.1. The molecule has 4 rings (SSSR count). The number of benzene rings is 3. The number of hydrogen-bond acceptors (Lipinski definition) is 5. The van der Waals surface area contributed by atoms with Crippen LogP contribution in [-0.2, 0) is 15.8 Å². The van der Waals surface area contributed by atoms with Crippen LogP contribution < -0.4 is 4.74 Å². The molecule has 148 valence electrons. The largest absolute Gasteiger partial charge is 0.497 e. The van der Waals surface area contributed by atoms with Gasteiger partial charge in [-0.2, -0.15) is 0 Å². The van der Waals surface area contributed by atoms with E-state index in [0.717, 1.165) is 5.56 Å². The second-order valence-electron chi connectivity index (χ2n) is 6.25. The maximum Gasteiger partial charge on any atom is 0.270 e. The fourth-order valence-corrected chi connectivity index (χ4v) is 5.59. The van der Waals surface area contributed by atoms with Gasteiger partial charge in [-0.1, -0.05) is 36.0 Å². The summed E-state index contributed by atoms with van der Waals surface area (Å²) in [7, 11) is -2.36. The van der Waals surface area contributed by atoms with E-state index in [0.29, 0.717) is 27.7 Å². The Morgan fingerprint density at radius 3 is 2.52 bits per heavy atom. The van der Waals surface area contributed by atoms with Gasteiger partial charge in [-0.25, -0.2) is 21.8 Å². The van der Waals surface area contributed by atoms with Crippen LogP contribution in [0.25, 0.3) is 11.0 Å². The number of halogens is 1. The summed E-state index contributed by atoms with van der Waals surface area (Å²) in [5.41, 5.74) is 1.81. The van der Waals surface area contributed by atoms with Crippen molar-refractivity contribution in [2.24, 2.45) is 0 Å². The number of hydrogen-bond donors (Lipinski definition) is 0. The molecule has 0 saturated carbocycles. The summed E-state index contributed by atoms with van der Waals surface area (Å²) >= 11 is 1.25. The van der Waals surface area contributed by atoms with Gasteiger partial charge in [0.1, 0.15) is 11.6 Å². The maximum atomic E-state index is 13.5. The lowest BCUT2D eigenvalue weighted by molar-refractivity contribution is 0.414. The summed E-state index contributed by atoms with van der Waals surface area (Å²) in [5.74, 6) is 0.627. The maximum absolute atomic E-state index is 13.5. The molecule has 0 bridgehead atoms. The SMILES string of the molecule is COc1ccc(S(=O)(=O)n2c(SCc3cccc(F)c3)nc3ccccc32)cc1. The minimum atomic E-state index is -3.89. The third-order valence-corrected chi connectivity index (χ3v) is 7.19. The third-order valence-electron chi connectivity index (χ3n) is 4.34. The Hall–Kier alpha value is -2.84. The first kappa shape index (κ1) is 19.5. The summed E-state index contributed by atoms with van der Waals surface area (Å²) < 4.78 is 46.6. The number of methoxy groups -OCH3 is 1. The lowest BCUT2D eigenvalue weighted by Crippen LogP contribution is -2.14. The fraction of sp³-hybridized carbons (Fsp3) is 0.0952. The van der Waals surface area contributed by atoms with Crippen molar-refractivity contribution in [3.8, 4) is 5.75 Å². The van der Waals surface area contributed by atoms with Crippen LogP contribution in [0.3, 0.4) is 0 Å². The van der Waals surface area contributed by atoms with E-state index in [-0.39, 0.29) is 10.7 Å². The van der Waals surface area contributed by atoms with Gasteiger partial charge in [0.05, 0.1) is 23.0 Å². The van der Waals surface area contributed by atoms with Crippen molar-refractivity contribution in [2.45, 2.75) is 15.8 Å². The topological polar surface area (TPSA) is 61.2 Å². The molecule has 0 N–H and O–H groups in total. The number of imidazole rings is 1. The van der Waals surface area contributed by atoms with Crippen molar-refractivity contribution in [3.05, 3.63) is 84.2 Å². The molecule has 0 aliphatic heterocycles. The van der Waals surface area contributed by atoms with Crippen molar-refractivity contribution in [1.82, 2.24) is 8.96 Å². The molecule has 0 aliphatic rings. The van der Waals surface area contributed by atoms with Gasteiger partial charge in [0.2, 0.25) is 0 Å². The molecule has 8 heteroatoms. The van der Waals surface area contributed by atoms with E-state index in [1.54, 1.807) is 48.5 Å². The molecule has 0 aliphatic carbocycles. The highest BCUT2D eigenvalue weighted by atomic mass is 32.2. The molecule has 0 saturated heterocycles. The quantitative estimate of drug-likeness (QED) is 0.416. The Kier molecular flexibility index (Phi) is 5.29. The van der Waals surface area contributed by atoms with Crippen molar-refractivity contribution in [3.63, 3.8) is 0 Å². The van der Waals surface area contributed by atoms with Crippen molar-refractivity contribution >= 4 is 32.8 Å². The van der Waals surface area contributed by atoms with E-state index in [1.807, 2.05) is 0 Å². The van der Waals surface area contributed by atoms with Crippen LogP contribution in [0.2, 0.25) is 0 Å². The normalized spacial score (nSPS) is 11.7. The molecular formula is C21H17FN2O3S2. The molecule has 29 heavy (non-hydrogen) atoms. The van der Waals surface area contributed by atoms with Gasteiger partial charge >= 0.3 is 0 Å². The first-order valence-electron chi connectivity index (χ1n) is 8.73. The number of nitrogens with zero attached hydrogens (tertiary/aromatic N) is 2. The molecule has 1 heterocycles. The number of ether oxygens (including phenoxy) is 1. The Labute approximate surface area is 172 Å². The molecule has 1 aromatic heterocycles. The van der Waals surface area contributed by atoms with Crippen LogP contribution in [-0.4, -0.2) is 24.5 Å². The van der Waals surface area contributed by atoms with E-state index in [4.69, 9.17) is 4.74 Å². The van der Waals surface area contributed by atoms with Crippen LogP contribution in [0, 0.1) is 5.82 Å². The van der Waals surface area contributed by atoms with Gasteiger partial charge in [-0.15, -0.1) is 0 Å². The molecule has 3 aromatic carbocycles. The molecule has 0 unspecified atom stereocenters. The van der Waals surface area contributed by atoms with Crippen molar-refractivity contribution in [1.29, 1.82) is 0 Å². The summed E-state index contributed by atoms with van der Waals surface area (Å²) in [6.07, 6.45) is 0. The monoisotopic (exact) mass is 428 g/mol. The van der Waals surface area contributed by atoms with Crippen molar-refractivity contribution in [2.75, 3.05) is 7.11 Å². The Morgan fingerprint density at radius 1 is 1.03 bits per heavy atom. The summed E-state index contributed by atoms with van der Waals surface area (Å²) in [6.45, 7) is 0. The molecule has 4 aromatic rings. The highest BCUT2D eigenvalue weighted by Crippen LogP contribution is 2.31. The average molecular weight is 429 g/mol. The van der Waals surface area contributed by atoms with Gasteiger partial charge < -0.3 is 4.74 Å². The van der Waals surface area contributed by atoms with E-state index < -0.39 is 10.0 Å². The van der Waals surface area contributed by atoms with Gasteiger partial charge in [0.15, 0.2) is 5.16 Å². The second-order valence-corrected chi connectivity index (χ2v) is 8.98. The van der Waals surface area contributed by atoms with Crippen molar-refractivity contribution < 1.29 is 17.5 Å². The van der Waals surface area contributed by atoms with Gasteiger partial charge in [-0.3, -0.25) is 0 Å². The first-order valence-corrected chi connectivity index (χ1v) is 11.2. The zero-order valence-electron chi connectivity index (χ0n) is 15.4. The van der Waals surface area contributed by atoms with Gasteiger partial charge in [0, 0.05) is 5.75 Å². The predicted molar refractivity (Wildman–Crippen MR) is 111 cm³/mol. The van der Waals surface area contributed by atoms with Crippen LogP contribution in [0.4, 0.5) is 4.39 Å². The lowest BCUT2D eigenvalue weighted by atomic mass is 10.2. The number of aromatic nitrogens is 2. The fourth-order valence-electron chi connectivity index (χ4n) is 2.93. The zero-order chi connectivity index (χ0) is 20.4. The standard InChI is InChI=1S/C21H17FN2O3S2/c1-27-17-9-11-18(12-10-17)29(25,26)24-20-8-3-2-7-19(20)23-21(24)28-14-15-5-4-6-16(22)13-15/h2-13H,14H2,1H3. The molecule has 0 atom stereocenters. The predicted octanol–water partition coefficient (Wildman–Crippen LogP) is 4.71. The molecule has 0 spiro atoms. The molecule has 0 radical (unpaired) electrons. The minimum Gasteiger partial charge on any atom is -0.497 e.